The number of aliphatic carboxylic acids is 2. The average Bonchev–Trinajstić information content (AvgIpc) is 1.79. The number of carboxylic acid groups (broad SMARTS) is 2. The Kier molecular flexibility index (Phi) is 6.33. The third kappa shape index (κ3) is 5.85. The van der Waals surface area contributed by atoms with Crippen molar-refractivity contribution in [1.82, 2.24) is 0 Å². The summed E-state index contributed by atoms with van der Waals surface area (Å²) >= 11 is 0. The third-order valence-electron chi connectivity index (χ3n) is 1.06. The first-order chi connectivity index (χ1) is 5.25. The van der Waals surface area contributed by atoms with Crippen LogP contribution in [0.1, 0.15) is 7.85 Å². The van der Waals surface area contributed by atoms with Crippen LogP contribution in [0.4, 0.5) is 0 Å². The fraction of sp³-hybridized carbons (Fsp3) is 0.500. The maximum atomic E-state index is 10.4. The SMILES string of the molecule is O=C(O)CC(C(=O)O)P(=O)(O)O.[H-].[Li+]. The van der Waals surface area contributed by atoms with Crippen LogP contribution in [0.3, 0.4) is 0 Å². The van der Waals surface area contributed by atoms with Crippen LogP contribution in [0, 0.1) is 0 Å². The van der Waals surface area contributed by atoms with E-state index in [0.29, 0.717) is 0 Å². The molecule has 7 nitrogen and oxygen atoms in total. The zero-order valence-electron chi connectivity index (χ0n) is 7.75. The fourth-order valence-electron chi connectivity index (χ4n) is 0.515. The van der Waals surface area contributed by atoms with Crippen LogP contribution in [0.25, 0.3) is 0 Å². The molecule has 4 N–H and O–H groups in total. The summed E-state index contributed by atoms with van der Waals surface area (Å²) < 4.78 is 10.4. The molecule has 0 aromatic carbocycles. The summed E-state index contributed by atoms with van der Waals surface area (Å²) in [6, 6.07) is 0. The van der Waals surface area contributed by atoms with E-state index >= 15 is 0 Å². The molecule has 0 heterocycles. The molecule has 0 rings (SSSR count). The van der Waals surface area contributed by atoms with Gasteiger partial charge in [-0.3, -0.25) is 14.2 Å². The zero-order valence-corrected chi connectivity index (χ0v) is 7.64. The van der Waals surface area contributed by atoms with Gasteiger partial charge in [0.1, 0.15) is 0 Å². The van der Waals surface area contributed by atoms with Gasteiger partial charge in [0.2, 0.25) is 0 Å². The maximum Gasteiger partial charge on any atom is 1.00 e. The van der Waals surface area contributed by atoms with E-state index < -0.39 is 31.6 Å². The van der Waals surface area contributed by atoms with Crippen molar-refractivity contribution in [3.63, 3.8) is 0 Å². The van der Waals surface area contributed by atoms with E-state index in [9.17, 15) is 14.2 Å². The maximum absolute atomic E-state index is 10.4. The Hall–Kier alpha value is -0.313. The average molecular weight is 206 g/mol. The van der Waals surface area contributed by atoms with Gasteiger partial charge in [0.05, 0.1) is 6.42 Å². The fourth-order valence-corrected chi connectivity index (χ4v) is 1.20. The minimum absolute atomic E-state index is 0. The first kappa shape index (κ1) is 15.2. The van der Waals surface area contributed by atoms with Gasteiger partial charge in [0.25, 0.3) is 0 Å². The standard InChI is InChI=1S/C4H7O7P.Li.H/c5-3(6)1-2(4(7)8)12(9,10)11;;/h2H,1H2,(H,5,6)(H,7,8)(H2,9,10,11);;/q;+1;-1. The minimum Gasteiger partial charge on any atom is -1.00 e. The molecule has 0 saturated heterocycles. The normalized spacial score (nSPS) is 12.8. The molecule has 0 fully saturated rings. The van der Waals surface area contributed by atoms with Gasteiger partial charge < -0.3 is 21.4 Å². The molecule has 0 radical (unpaired) electrons. The van der Waals surface area contributed by atoms with Crippen LogP contribution in [-0.2, 0) is 14.2 Å². The van der Waals surface area contributed by atoms with Crippen molar-refractivity contribution in [3.05, 3.63) is 0 Å². The minimum atomic E-state index is -4.87. The van der Waals surface area contributed by atoms with Crippen LogP contribution in [0.2, 0.25) is 0 Å². The molecular formula is C4H8LiO7P. The molecular weight excluding hydrogens is 198 g/mol. The molecule has 72 valence electrons. The molecule has 0 aromatic rings. The van der Waals surface area contributed by atoms with Crippen molar-refractivity contribution in [2.45, 2.75) is 12.1 Å². The van der Waals surface area contributed by atoms with Crippen molar-refractivity contribution >= 4 is 19.5 Å². The molecule has 1 atom stereocenters. The Balaban J connectivity index is -0.000000605. The molecule has 0 aliphatic heterocycles. The summed E-state index contributed by atoms with van der Waals surface area (Å²) in [4.78, 5) is 36.8. The van der Waals surface area contributed by atoms with Crippen molar-refractivity contribution in [2.75, 3.05) is 0 Å². The van der Waals surface area contributed by atoms with E-state index in [1.54, 1.807) is 0 Å². The van der Waals surface area contributed by atoms with Gasteiger partial charge in [-0.05, 0) is 0 Å². The summed E-state index contributed by atoms with van der Waals surface area (Å²) in [7, 11) is -4.87. The molecule has 0 bridgehead atoms. The second-order valence-electron chi connectivity index (χ2n) is 2.04. The van der Waals surface area contributed by atoms with Crippen LogP contribution < -0.4 is 18.9 Å². The summed E-state index contributed by atoms with van der Waals surface area (Å²) in [5, 5.41) is 16.3. The number of hydrogen-bond acceptors (Lipinski definition) is 3. The van der Waals surface area contributed by atoms with Gasteiger partial charge in [-0.2, -0.15) is 0 Å². The van der Waals surface area contributed by atoms with Crippen LogP contribution in [-0.4, -0.2) is 37.6 Å². The summed E-state index contributed by atoms with van der Waals surface area (Å²) in [6.07, 6.45) is -1.08. The van der Waals surface area contributed by atoms with Gasteiger partial charge in [0.15, 0.2) is 5.66 Å². The van der Waals surface area contributed by atoms with Crippen molar-refractivity contribution in [3.8, 4) is 0 Å². The molecule has 0 aliphatic rings. The van der Waals surface area contributed by atoms with Crippen LogP contribution >= 0.6 is 7.60 Å². The molecule has 9 heteroatoms. The number of carboxylic acids is 2. The quantitative estimate of drug-likeness (QED) is 0.274. The number of carbonyl (C=O) groups is 2. The Bertz CT molecular complexity index is 250. The summed E-state index contributed by atoms with van der Waals surface area (Å²) in [6.45, 7) is 0. The monoisotopic (exact) mass is 206 g/mol. The molecule has 1 unspecified atom stereocenters. The van der Waals surface area contributed by atoms with E-state index in [0.717, 1.165) is 0 Å². The van der Waals surface area contributed by atoms with E-state index in [4.69, 9.17) is 20.0 Å². The Morgan fingerprint density at radius 1 is 1.31 bits per heavy atom. The van der Waals surface area contributed by atoms with E-state index in [-0.39, 0.29) is 20.3 Å². The van der Waals surface area contributed by atoms with Crippen molar-refractivity contribution < 1.29 is 54.4 Å². The predicted octanol–water partition coefficient (Wildman–Crippen LogP) is -3.79. The molecule has 13 heavy (non-hydrogen) atoms. The largest absolute Gasteiger partial charge is 1.00 e. The molecule has 0 saturated carbocycles. The molecule has 0 spiro atoms. The predicted molar refractivity (Wildman–Crippen MR) is 36.8 cm³/mol. The molecule has 0 aromatic heterocycles. The third-order valence-corrected chi connectivity index (χ3v) is 2.27. The molecule has 0 aliphatic carbocycles. The van der Waals surface area contributed by atoms with Gasteiger partial charge in [-0.15, -0.1) is 0 Å². The Labute approximate surface area is 86.6 Å². The van der Waals surface area contributed by atoms with E-state index in [1.807, 2.05) is 0 Å². The summed E-state index contributed by atoms with van der Waals surface area (Å²) in [5.41, 5.74) is -2.16. The first-order valence-corrected chi connectivity index (χ1v) is 4.43. The number of hydrogen-bond donors (Lipinski definition) is 4. The van der Waals surface area contributed by atoms with Crippen LogP contribution in [0.5, 0.6) is 0 Å². The second-order valence-corrected chi connectivity index (χ2v) is 3.84. The van der Waals surface area contributed by atoms with Gasteiger partial charge in [-0.1, -0.05) is 0 Å². The van der Waals surface area contributed by atoms with Gasteiger partial charge >= 0.3 is 38.4 Å². The molecule has 0 amide bonds. The van der Waals surface area contributed by atoms with E-state index in [1.165, 1.54) is 0 Å². The van der Waals surface area contributed by atoms with Gasteiger partial charge in [0, 0.05) is 0 Å². The van der Waals surface area contributed by atoms with Crippen LogP contribution in [0.15, 0.2) is 0 Å². The second kappa shape index (κ2) is 5.42. The summed E-state index contributed by atoms with van der Waals surface area (Å²) in [5.74, 6) is -3.38. The smallest absolute Gasteiger partial charge is 1.00 e. The first-order valence-electron chi connectivity index (χ1n) is 2.75. The topological polar surface area (TPSA) is 132 Å². The van der Waals surface area contributed by atoms with Crippen molar-refractivity contribution in [2.24, 2.45) is 0 Å². The van der Waals surface area contributed by atoms with Gasteiger partial charge in [-0.25, -0.2) is 0 Å². The Morgan fingerprint density at radius 2 is 1.69 bits per heavy atom. The number of rotatable bonds is 4. The Morgan fingerprint density at radius 3 is 1.77 bits per heavy atom. The van der Waals surface area contributed by atoms with Crippen molar-refractivity contribution in [1.29, 1.82) is 0 Å². The zero-order chi connectivity index (χ0) is 9.94. The van der Waals surface area contributed by atoms with E-state index in [2.05, 4.69) is 0 Å².